The second-order valence-electron chi connectivity index (χ2n) is 5.32. The van der Waals surface area contributed by atoms with Gasteiger partial charge in [0.1, 0.15) is 10.8 Å². The second-order valence-corrected chi connectivity index (χ2v) is 7.74. The fourth-order valence-electron chi connectivity index (χ4n) is 2.30. The molecule has 3 aromatic rings. The van der Waals surface area contributed by atoms with Crippen LogP contribution in [0.15, 0.2) is 11.6 Å². The summed E-state index contributed by atoms with van der Waals surface area (Å²) in [5, 5.41) is 6.55. The van der Waals surface area contributed by atoms with E-state index in [-0.39, 0.29) is 11.3 Å². The summed E-state index contributed by atoms with van der Waals surface area (Å²) in [4.78, 5) is 14.3. The summed E-state index contributed by atoms with van der Waals surface area (Å²) in [6, 6.07) is 0.164. The Morgan fingerprint density at radius 3 is 2.91 bits per heavy atom. The molecule has 0 saturated heterocycles. The number of nitrogens with zero attached hydrogens (tertiary/aromatic N) is 3. The predicted molar refractivity (Wildman–Crippen MR) is 98.6 cm³/mol. The minimum absolute atomic E-state index is 0.164. The number of nitrogens with two attached hydrogens (primary N) is 1. The highest BCUT2D eigenvalue weighted by atomic mass is 35.5. The van der Waals surface area contributed by atoms with E-state index in [1.807, 2.05) is 5.38 Å². The van der Waals surface area contributed by atoms with Crippen molar-refractivity contribution in [3.63, 3.8) is 0 Å². The van der Waals surface area contributed by atoms with Crippen LogP contribution in [-0.2, 0) is 13.0 Å². The number of nitrogens with one attached hydrogen (secondary N) is 1. The van der Waals surface area contributed by atoms with Crippen LogP contribution in [0, 0.1) is 6.92 Å². The Hall–Kier alpha value is -1.28. The molecule has 3 aromatic heterocycles. The molecule has 3 rings (SSSR count). The van der Waals surface area contributed by atoms with Gasteiger partial charge in [0.2, 0.25) is 5.28 Å². The molecule has 0 aromatic carbocycles. The summed E-state index contributed by atoms with van der Waals surface area (Å²) in [6.07, 6.45) is 3.60. The topological polar surface area (TPSA) is 76.7 Å². The normalized spacial score (nSPS) is 12.7. The van der Waals surface area contributed by atoms with Gasteiger partial charge in [-0.15, -0.1) is 22.7 Å². The number of halogens is 1. The van der Waals surface area contributed by atoms with Crippen molar-refractivity contribution in [2.45, 2.75) is 39.3 Å². The predicted octanol–water partition coefficient (Wildman–Crippen LogP) is 4.00. The first-order valence-electron chi connectivity index (χ1n) is 7.41. The Morgan fingerprint density at radius 2 is 2.22 bits per heavy atom. The summed E-state index contributed by atoms with van der Waals surface area (Å²) in [6.45, 7) is 4.80. The molecule has 0 aliphatic carbocycles. The van der Waals surface area contributed by atoms with Gasteiger partial charge in [0.05, 0.1) is 16.8 Å². The Kier molecular flexibility index (Phi) is 5.11. The van der Waals surface area contributed by atoms with Gasteiger partial charge in [-0.25, -0.2) is 9.97 Å². The van der Waals surface area contributed by atoms with Crippen LogP contribution in [0.25, 0.3) is 10.2 Å². The molecule has 0 fully saturated rings. The van der Waals surface area contributed by atoms with Crippen molar-refractivity contribution in [3.8, 4) is 0 Å². The maximum absolute atomic E-state index is 6.11. The average Bonchev–Trinajstić information content (AvgIpc) is 3.15. The number of thiophene rings is 1. The summed E-state index contributed by atoms with van der Waals surface area (Å²) in [7, 11) is 0. The van der Waals surface area contributed by atoms with E-state index < -0.39 is 0 Å². The van der Waals surface area contributed by atoms with Crippen LogP contribution in [0.5, 0.6) is 0 Å². The first-order chi connectivity index (χ1) is 11.1. The van der Waals surface area contributed by atoms with E-state index in [1.165, 1.54) is 4.88 Å². The molecule has 0 radical (unpaired) electrons. The van der Waals surface area contributed by atoms with Gasteiger partial charge >= 0.3 is 0 Å². The minimum Gasteiger partial charge on any atom is -0.362 e. The van der Waals surface area contributed by atoms with Crippen molar-refractivity contribution in [1.29, 1.82) is 0 Å². The van der Waals surface area contributed by atoms with Gasteiger partial charge in [-0.05, 0) is 36.9 Å². The van der Waals surface area contributed by atoms with Crippen molar-refractivity contribution in [2.75, 3.05) is 5.32 Å². The highest BCUT2D eigenvalue weighted by Gasteiger charge is 2.17. The summed E-state index contributed by atoms with van der Waals surface area (Å²) in [5.41, 5.74) is 8.17. The molecule has 0 spiro atoms. The molecule has 122 valence electrons. The van der Waals surface area contributed by atoms with Crippen LogP contribution in [0.1, 0.15) is 28.8 Å². The van der Waals surface area contributed by atoms with E-state index >= 15 is 0 Å². The fraction of sp³-hybridized carbons (Fsp3) is 0.400. The van der Waals surface area contributed by atoms with Gasteiger partial charge in [0, 0.05) is 22.5 Å². The monoisotopic (exact) mass is 367 g/mol. The average molecular weight is 368 g/mol. The SMILES string of the molecule is CC[C@H](N)Cc1sc2c(NCc3nccs3)nc(Cl)nc2c1C. The lowest BCUT2D eigenvalue weighted by Gasteiger charge is -2.06. The molecule has 3 N–H and O–H groups in total. The number of aromatic nitrogens is 3. The van der Waals surface area contributed by atoms with Crippen LogP contribution in [0.2, 0.25) is 5.28 Å². The molecule has 0 unspecified atom stereocenters. The highest BCUT2D eigenvalue weighted by molar-refractivity contribution is 7.19. The van der Waals surface area contributed by atoms with E-state index in [0.29, 0.717) is 6.54 Å². The first kappa shape index (κ1) is 16.6. The molecular weight excluding hydrogens is 350 g/mol. The number of rotatable bonds is 6. The molecule has 0 aliphatic heterocycles. The van der Waals surface area contributed by atoms with Crippen LogP contribution >= 0.6 is 34.3 Å². The second kappa shape index (κ2) is 7.09. The zero-order chi connectivity index (χ0) is 16.4. The minimum atomic E-state index is 0.164. The van der Waals surface area contributed by atoms with Gasteiger partial charge in [-0.1, -0.05) is 6.92 Å². The zero-order valence-electron chi connectivity index (χ0n) is 13.0. The molecule has 0 amide bonds. The Bertz CT molecular complexity index is 800. The third-order valence-electron chi connectivity index (χ3n) is 3.70. The number of anilines is 1. The van der Waals surface area contributed by atoms with E-state index in [2.05, 4.69) is 34.1 Å². The molecule has 1 atom stereocenters. The quantitative estimate of drug-likeness (QED) is 0.644. The first-order valence-corrected chi connectivity index (χ1v) is 9.49. The number of thiazole rings is 1. The number of hydrogen-bond acceptors (Lipinski definition) is 7. The number of fused-ring (bicyclic) bond motifs is 1. The van der Waals surface area contributed by atoms with E-state index in [4.69, 9.17) is 17.3 Å². The Morgan fingerprint density at radius 1 is 1.39 bits per heavy atom. The molecular formula is C15H18ClN5S2. The third kappa shape index (κ3) is 3.63. The Balaban J connectivity index is 1.95. The van der Waals surface area contributed by atoms with Crippen LogP contribution in [-0.4, -0.2) is 21.0 Å². The van der Waals surface area contributed by atoms with Crippen molar-refractivity contribution in [2.24, 2.45) is 5.73 Å². The third-order valence-corrected chi connectivity index (χ3v) is 5.96. The molecule has 8 heteroatoms. The summed E-state index contributed by atoms with van der Waals surface area (Å²) in [5.74, 6) is 0.764. The molecule has 23 heavy (non-hydrogen) atoms. The molecule has 0 saturated carbocycles. The largest absolute Gasteiger partial charge is 0.362 e. The van der Waals surface area contributed by atoms with Gasteiger partial charge < -0.3 is 11.1 Å². The maximum atomic E-state index is 6.11. The molecule has 5 nitrogen and oxygen atoms in total. The lowest BCUT2D eigenvalue weighted by molar-refractivity contribution is 0.650. The maximum Gasteiger partial charge on any atom is 0.224 e. The standard InChI is InChI=1S/C15H18ClN5S2/c1-3-9(17)6-10-8(2)12-13(23-10)14(21-15(16)20-12)19-7-11-18-4-5-22-11/h4-5,9H,3,6-7,17H2,1-2H3,(H,19,20,21)/t9-/m0/s1. The van der Waals surface area contributed by atoms with E-state index in [1.54, 1.807) is 28.9 Å². The lowest BCUT2D eigenvalue weighted by atomic mass is 10.1. The smallest absolute Gasteiger partial charge is 0.224 e. The van der Waals surface area contributed by atoms with Crippen molar-refractivity contribution >= 4 is 50.3 Å². The van der Waals surface area contributed by atoms with E-state index in [9.17, 15) is 0 Å². The molecule has 0 aliphatic rings. The Labute approximate surface area is 147 Å². The van der Waals surface area contributed by atoms with E-state index in [0.717, 1.165) is 39.4 Å². The number of hydrogen-bond donors (Lipinski definition) is 2. The highest BCUT2D eigenvalue weighted by Crippen LogP contribution is 2.35. The summed E-state index contributed by atoms with van der Waals surface area (Å²) >= 11 is 9.41. The van der Waals surface area contributed by atoms with Crippen LogP contribution < -0.4 is 11.1 Å². The van der Waals surface area contributed by atoms with Crippen molar-refractivity contribution in [1.82, 2.24) is 15.0 Å². The zero-order valence-corrected chi connectivity index (χ0v) is 15.4. The van der Waals surface area contributed by atoms with Crippen LogP contribution in [0.3, 0.4) is 0 Å². The fourth-order valence-corrected chi connectivity index (χ4v) is 4.33. The van der Waals surface area contributed by atoms with Crippen molar-refractivity contribution in [3.05, 3.63) is 32.3 Å². The number of aryl methyl sites for hydroxylation is 1. The van der Waals surface area contributed by atoms with Crippen molar-refractivity contribution < 1.29 is 0 Å². The van der Waals surface area contributed by atoms with Gasteiger partial charge in [-0.3, -0.25) is 0 Å². The molecule has 3 heterocycles. The summed E-state index contributed by atoms with van der Waals surface area (Å²) < 4.78 is 1.03. The van der Waals surface area contributed by atoms with Gasteiger partial charge in [-0.2, -0.15) is 4.98 Å². The van der Waals surface area contributed by atoms with Gasteiger partial charge in [0.15, 0.2) is 0 Å². The molecule has 0 bridgehead atoms. The lowest BCUT2D eigenvalue weighted by Crippen LogP contribution is -2.21. The van der Waals surface area contributed by atoms with Gasteiger partial charge in [0.25, 0.3) is 0 Å². The van der Waals surface area contributed by atoms with Crippen LogP contribution in [0.4, 0.5) is 5.82 Å².